The molecule has 2 heterocycles. The van der Waals surface area contributed by atoms with Gasteiger partial charge in [-0.15, -0.1) is 0 Å². The first-order valence-electron chi connectivity index (χ1n) is 7.94. The molecule has 0 bridgehead atoms. The van der Waals surface area contributed by atoms with E-state index in [1.807, 2.05) is 13.8 Å². The van der Waals surface area contributed by atoms with Gasteiger partial charge in [0.1, 0.15) is 10.6 Å². The van der Waals surface area contributed by atoms with Crippen molar-refractivity contribution in [3.05, 3.63) is 11.5 Å². The molecule has 0 N–H and O–H groups in total. The lowest BCUT2D eigenvalue weighted by Crippen LogP contribution is -2.37. The Morgan fingerprint density at radius 2 is 1.91 bits per heavy atom. The quantitative estimate of drug-likeness (QED) is 0.828. The van der Waals surface area contributed by atoms with E-state index in [-0.39, 0.29) is 10.8 Å². The van der Waals surface area contributed by atoms with Crippen molar-refractivity contribution in [2.24, 2.45) is 5.92 Å². The molecule has 0 unspecified atom stereocenters. The van der Waals surface area contributed by atoms with Crippen LogP contribution in [0.2, 0.25) is 0 Å². The van der Waals surface area contributed by atoms with Crippen molar-refractivity contribution in [3.8, 4) is 0 Å². The Hall–Kier alpha value is -1.41. The van der Waals surface area contributed by atoms with Gasteiger partial charge in [-0.25, -0.2) is 8.42 Å². The molecule has 0 saturated carbocycles. The predicted octanol–water partition coefficient (Wildman–Crippen LogP) is 1.56. The predicted molar refractivity (Wildman–Crippen MR) is 85.4 cm³/mol. The molecule has 1 aromatic heterocycles. The van der Waals surface area contributed by atoms with E-state index in [1.165, 1.54) is 4.31 Å². The largest absolute Gasteiger partial charge is 0.360 e. The van der Waals surface area contributed by atoms with Crippen molar-refractivity contribution in [2.45, 2.75) is 45.4 Å². The number of nitrogens with zero attached hydrogens (tertiary/aromatic N) is 3. The summed E-state index contributed by atoms with van der Waals surface area (Å²) in [6.07, 6.45) is 1.13. The molecule has 1 aliphatic rings. The fourth-order valence-corrected chi connectivity index (χ4v) is 4.59. The van der Waals surface area contributed by atoms with Crippen LogP contribution in [0.5, 0.6) is 0 Å². The molecule has 7 nitrogen and oxygen atoms in total. The Bertz CT molecular complexity index is 647. The summed E-state index contributed by atoms with van der Waals surface area (Å²) in [5.74, 6) is 0.698. The molecule has 0 aliphatic carbocycles. The molecule has 0 spiro atoms. The summed E-state index contributed by atoms with van der Waals surface area (Å²) in [6.45, 7) is 8.96. The number of carbonyl (C=O) groups excluding carboxylic acids is 1. The highest BCUT2D eigenvalue weighted by Crippen LogP contribution is 2.24. The van der Waals surface area contributed by atoms with E-state index in [9.17, 15) is 13.2 Å². The van der Waals surface area contributed by atoms with E-state index in [4.69, 9.17) is 4.52 Å². The zero-order valence-electron chi connectivity index (χ0n) is 14.2. The van der Waals surface area contributed by atoms with Crippen LogP contribution >= 0.6 is 0 Å². The summed E-state index contributed by atoms with van der Waals surface area (Å²) in [5.41, 5.74) is 0.375. The molecule has 1 saturated heterocycles. The molecule has 2 rings (SSSR count). The third-order valence-corrected chi connectivity index (χ3v) is 6.10. The molecular formula is C15H25N3O4S. The Morgan fingerprint density at radius 3 is 2.48 bits per heavy atom. The maximum Gasteiger partial charge on any atom is 0.248 e. The molecular weight excluding hydrogens is 318 g/mol. The topological polar surface area (TPSA) is 83.7 Å². The summed E-state index contributed by atoms with van der Waals surface area (Å²) in [7, 11) is -3.64. The third kappa shape index (κ3) is 3.92. The van der Waals surface area contributed by atoms with Crippen molar-refractivity contribution in [1.82, 2.24) is 14.4 Å². The van der Waals surface area contributed by atoms with Crippen LogP contribution in [0.3, 0.4) is 0 Å². The molecule has 0 atom stereocenters. The van der Waals surface area contributed by atoms with Gasteiger partial charge < -0.3 is 9.42 Å². The van der Waals surface area contributed by atoms with Gasteiger partial charge in [-0.05, 0) is 26.2 Å². The van der Waals surface area contributed by atoms with Crippen LogP contribution < -0.4 is 0 Å². The smallest absolute Gasteiger partial charge is 0.248 e. The van der Waals surface area contributed by atoms with Crippen LogP contribution in [0, 0.1) is 19.8 Å². The zero-order chi connectivity index (χ0) is 17.2. The lowest BCUT2D eigenvalue weighted by atomic mass is 10.1. The average Bonchev–Trinajstić information content (AvgIpc) is 2.66. The van der Waals surface area contributed by atoms with Gasteiger partial charge in [0.25, 0.3) is 0 Å². The standard InChI is InChI=1S/C15H25N3O4S/c1-11(2)10-14(19)17-6-5-7-18(9-8-17)23(20,21)15-12(3)16-22-13(15)4/h11H,5-10H2,1-4H3. The Balaban J connectivity index is 2.13. The Labute approximate surface area is 137 Å². The number of aromatic nitrogens is 1. The lowest BCUT2D eigenvalue weighted by molar-refractivity contribution is -0.131. The van der Waals surface area contributed by atoms with E-state index in [1.54, 1.807) is 18.7 Å². The number of amides is 1. The zero-order valence-corrected chi connectivity index (χ0v) is 15.0. The van der Waals surface area contributed by atoms with Gasteiger partial charge in [0, 0.05) is 32.6 Å². The highest BCUT2D eigenvalue weighted by molar-refractivity contribution is 7.89. The second-order valence-corrected chi connectivity index (χ2v) is 8.26. The van der Waals surface area contributed by atoms with Gasteiger partial charge >= 0.3 is 0 Å². The van der Waals surface area contributed by atoms with E-state index < -0.39 is 10.0 Å². The summed E-state index contributed by atoms with van der Waals surface area (Å²) < 4.78 is 32.1. The number of carbonyl (C=O) groups is 1. The van der Waals surface area contributed by atoms with Crippen LogP contribution in [0.1, 0.15) is 38.1 Å². The molecule has 0 radical (unpaired) electrons. The van der Waals surface area contributed by atoms with Crippen LogP contribution in [-0.2, 0) is 14.8 Å². The fraction of sp³-hybridized carbons (Fsp3) is 0.733. The maximum atomic E-state index is 12.8. The first-order chi connectivity index (χ1) is 10.7. The third-order valence-electron chi connectivity index (χ3n) is 3.96. The molecule has 130 valence electrons. The van der Waals surface area contributed by atoms with Gasteiger partial charge in [-0.3, -0.25) is 4.79 Å². The monoisotopic (exact) mass is 343 g/mol. The Kier molecular flexibility index (Phi) is 5.46. The number of hydrogen-bond donors (Lipinski definition) is 0. The number of sulfonamides is 1. The van der Waals surface area contributed by atoms with Crippen molar-refractivity contribution >= 4 is 15.9 Å². The lowest BCUT2D eigenvalue weighted by Gasteiger charge is -2.22. The molecule has 23 heavy (non-hydrogen) atoms. The van der Waals surface area contributed by atoms with Gasteiger partial charge in [0.05, 0.1) is 0 Å². The summed E-state index contributed by atoms with van der Waals surface area (Å²) in [4.78, 5) is 14.1. The minimum atomic E-state index is -3.64. The van der Waals surface area contributed by atoms with Crippen LogP contribution in [0.4, 0.5) is 0 Å². The van der Waals surface area contributed by atoms with Crippen molar-refractivity contribution in [2.75, 3.05) is 26.2 Å². The van der Waals surface area contributed by atoms with Crippen LogP contribution in [0.25, 0.3) is 0 Å². The molecule has 0 aromatic carbocycles. The average molecular weight is 343 g/mol. The molecule has 1 aliphatic heterocycles. The van der Waals surface area contributed by atoms with Gasteiger partial charge in [0.2, 0.25) is 15.9 Å². The summed E-state index contributed by atoms with van der Waals surface area (Å²) in [5, 5.41) is 3.73. The second kappa shape index (κ2) is 7.00. The Morgan fingerprint density at radius 1 is 1.22 bits per heavy atom. The minimum Gasteiger partial charge on any atom is -0.360 e. The first-order valence-corrected chi connectivity index (χ1v) is 9.38. The van der Waals surface area contributed by atoms with Gasteiger partial charge in [-0.1, -0.05) is 19.0 Å². The van der Waals surface area contributed by atoms with Crippen LogP contribution in [0.15, 0.2) is 9.42 Å². The van der Waals surface area contributed by atoms with Gasteiger partial charge in [-0.2, -0.15) is 4.31 Å². The van der Waals surface area contributed by atoms with E-state index in [2.05, 4.69) is 5.16 Å². The van der Waals surface area contributed by atoms with Crippen molar-refractivity contribution < 1.29 is 17.7 Å². The normalized spacial score (nSPS) is 17.5. The fourth-order valence-electron chi connectivity index (χ4n) is 2.83. The highest BCUT2D eigenvalue weighted by Gasteiger charge is 2.32. The van der Waals surface area contributed by atoms with Crippen molar-refractivity contribution in [1.29, 1.82) is 0 Å². The molecule has 8 heteroatoms. The highest BCUT2D eigenvalue weighted by atomic mass is 32.2. The van der Waals surface area contributed by atoms with Crippen LogP contribution in [-0.4, -0.2) is 54.9 Å². The number of hydrogen-bond acceptors (Lipinski definition) is 5. The first kappa shape index (κ1) is 17.9. The summed E-state index contributed by atoms with van der Waals surface area (Å²) in [6, 6.07) is 0. The number of aryl methyl sites for hydroxylation is 2. The van der Waals surface area contributed by atoms with E-state index >= 15 is 0 Å². The van der Waals surface area contributed by atoms with Crippen molar-refractivity contribution in [3.63, 3.8) is 0 Å². The molecule has 1 aromatic rings. The molecule has 1 fully saturated rings. The van der Waals surface area contributed by atoms with Gasteiger partial charge in [0.15, 0.2) is 5.76 Å². The SMILES string of the molecule is Cc1noc(C)c1S(=O)(=O)N1CCCN(C(=O)CC(C)C)CC1. The maximum absolute atomic E-state index is 12.8. The van der Waals surface area contributed by atoms with E-state index in [0.717, 1.165) is 0 Å². The minimum absolute atomic E-state index is 0.0941. The van der Waals surface area contributed by atoms with E-state index in [0.29, 0.717) is 56.4 Å². The number of rotatable bonds is 4. The second-order valence-electron chi connectivity index (χ2n) is 6.39. The molecule has 1 amide bonds. The summed E-state index contributed by atoms with van der Waals surface area (Å²) >= 11 is 0.